The molecule has 0 bridgehead atoms. The second-order valence-electron chi connectivity index (χ2n) is 4.06. The molecule has 1 aromatic heterocycles. The summed E-state index contributed by atoms with van der Waals surface area (Å²) in [4.78, 5) is 0. The van der Waals surface area contributed by atoms with Crippen molar-refractivity contribution in [3.63, 3.8) is 0 Å². The third kappa shape index (κ3) is 3.26. The lowest BCUT2D eigenvalue weighted by molar-refractivity contribution is 0.0651. The minimum absolute atomic E-state index is 0.232. The van der Waals surface area contributed by atoms with Gasteiger partial charge in [-0.2, -0.15) is 4.28 Å². The SMILES string of the molecule is Cc1onc(N(O)OSN(C)c2ccccc2Br)c1C. The summed E-state index contributed by atoms with van der Waals surface area (Å²) in [5.41, 5.74) is 1.63. The van der Waals surface area contributed by atoms with Gasteiger partial charge in [-0.25, -0.2) is 0 Å². The molecule has 2 rings (SSSR count). The maximum atomic E-state index is 9.81. The average Bonchev–Trinajstić information content (AvgIpc) is 2.76. The molecule has 0 radical (unpaired) electrons. The van der Waals surface area contributed by atoms with Gasteiger partial charge in [0.1, 0.15) is 18.0 Å². The molecule has 0 amide bonds. The van der Waals surface area contributed by atoms with Crippen LogP contribution in [0.25, 0.3) is 0 Å². The largest absolute Gasteiger partial charge is 0.359 e. The molecule has 0 fully saturated rings. The van der Waals surface area contributed by atoms with Crippen LogP contribution in [0.2, 0.25) is 0 Å². The van der Waals surface area contributed by atoms with Gasteiger partial charge in [-0.3, -0.25) is 9.51 Å². The molecule has 0 aliphatic heterocycles. The topological polar surface area (TPSA) is 62.0 Å². The molecule has 0 saturated heterocycles. The lowest BCUT2D eigenvalue weighted by Gasteiger charge is -2.20. The molecular weight excluding hydrogens is 346 g/mol. The van der Waals surface area contributed by atoms with Gasteiger partial charge >= 0.3 is 0 Å². The molecule has 0 atom stereocenters. The Bertz CT molecular complexity index is 593. The van der Waals surface area contributed by atoms with Gasteiger partial charge in [0, 0.05) is 17.1 Å². The van der Waals surface area contributed by atoms with Crippen LogP contribution in [0.15, 0.2) is 33.3 Å². The summed E-state index contributed by atoms with van der Waals surface area (Å²) >= 11 is 4.41. The first kappa shape index (κ1) is 15.2. The fraction of sp³-hybridized carbons (Fsp3) is 0.250. The zero-order valence-electron chi connectivity index (χ0n) is 11.2. The normalized spacial score (nSPS) is 10.7. The van der Waals surface area contributed by atoms with Gasteiger partial charge in [-0.1, -0.05) is 22.5 Å². The highest BCUT2D eigenvalue weighted by molar-refractivity contribution is 9.10. The van der Waals surface area contributed by atoms with Crippen molar-refractivity contribution in [3.8, 4) is 0 Å². The summed E-state index contributed by atoms with van der Waals surface area (Å²) in [5, 5.41) is 14.1. The van der Waals surface area contributed by atoms with Crippen LogP contribution in [0.1, 0.15) is 11.3 Å². The van der Waals surface area contributed by atoms with Crippen molar-refractivity contribution in [1.82, 2.24) is 5.16 Å². The van der Waals surface area contributed by atoms with E-state index in [1.54, 1.807) is 18.2 Å². The highest BCUT2D eigenvalue weighted by atomic mass is 79.9. The molecule has 1 heterocycles. The Labute approximate surface area is 129 Å². The van der Waals surface area contributed by atoms with E-state index in [9.17, 15) is 5.21 Å². The minimum Gasteiger partial charge on any atom is -0.359 e. The summed E-state index contributed by atoms with van der Waals surface area (Å²) < 4.78 is 12.8. The number of hydrogen-bond donors (Lipinski definition) is 1. The Morgan fingerprint density at radius 1 is 1.35 bits per heavy atom. The smallest absolute Gasteiger partial charge is 0.229 e. The van der Waals surface area contributed by atoms with Gasteiger partial charge in [0.05, 0.1) is 5.69 Å². The Kier molecular flexibility index (Phi) is 4.92. The van der Waals surface area contributed by atoms with Crippen molar-refractivity contribution in [2.75, 3.05) is 16.6 Å². The highest BCUT2D eigenvalue weighted by Gasteiger charge is 2.17. The molecule has 6 nitrogen and oxygen atoms in total. The second-order valence-corrected chi connectivity index (χ2v) is 5.76. The monoisotopic (exact) mass is 359 g/mol. The summed E-state index contributed by atoms with van der Waals surface area (Å²) in [5.74, 6) is 0.863. The van der Waals surface area contributed by atoms with E-state index in [0.717, 1.165) is 28.0 Å². The zero-order valence-corrected chi connectivity index (χ0v) is 13.6. The average molecular weight is 360 g/mol. The third-order valence-corrected chi connectivity index (χ3v) is 4.02. The molecule has 0 unspecified atom stereocenters. The van der Waals surface area contributed by atoms with Gasteiger partial charge in [-0.05, 0) is 41.9 Å². The molecule has 0 aliphatic rings. The number of aromatic nitrogens is 1. The van der Waals surface area contributed by atoms with Crippen LogP contribution in [0.5, 0.6) is 0 Å². The van der Waals surface area contributed by atoms with E-state index in [4.69, 9.17) is 8.81 Å². The minimum atomic E-state index is 0.232. The summed E-state index contributed by atoms with van der Waals surface area (Å²) in [7, 11) is 1.82. The van der Waals surface area contributed by atoms with E-state index in [1.165, 1.54) is 0 Å². The molecule has 1 aromatic carbocycles. The van der Waals surface area contributed by atoms with Crippen LogP contribution in [-0.4, -0.2) is 17.4 Å². The highest BCUT2D eigenvalue weighted by Crippen LogP contribution is 2.30. The molecule has 20 heavy (non-hydrogen) atoms. The first-order valence-electron chi connectivity index (χ1n) is 5.75. The first-order valence-corrected chi connectivity index (χ1v) is 7.24. The van der Waals surface area contributed by atoms with E-state index < -0.39 is 0 Å². The lowest BCUT2D eigenvalue weighted by Crippen LogP contribution is -2.20. The molecule has 1 N–H and O–H groups in total. The molecular formula is C12H14BrN3O3S. The van der Waals surface area contributed by atoms with Crippen molar-refractivity contribution in [3.05, 3.63) is 40.1 Å². The van der Waals surface area contributed by atoms with Gasteiger partial charge < -0.3 is 4.52 Å². The van der Waals surface area contributed by atoms with Crippen molar-refractivity contribution in [2.45, 2.75) is 13.8 Å². The summed E-state index contributed by atoms with van der Waals surface area (Å²) in [6.07, 6.45) is 0. The van der Waals surface area contributed by atoms with Crippen molar-refractivity contribution < 1.29 is 14.0 Å². The van der Waals surface area contributed by atoms with Gasteiger partial charge in [-0.15, -0.1) is 0 Å². The van der Waals surface area contributed by atoms with Crippen LogP contribution in [0.3, 0.4) is 0 Å². The molecule has 108 valence electrons. The van der Waals surface area contributed by atoms with Crippen molar-refractivity contribution in [1.29, 1.82) is 0 Å². The quantitative estimate of drug-likeness (QED) is 0.493. The van der Waals surface area contributed by atoms with Crippen LogP contribution in [0, 0.1) is 13.8 Å². The molecule has 8 heteroatoms. The predicted molar refractivity (Wildman–Crippen MR) is 81.5 cm³/mol. The summed E-state index contributed by atoms with van der Waals surface area (Å²) in [6.45, 7) is 3.55. The van der Waals surface area contributed by atoms with E-state index in [-0.39, 0.29) is 5.82 Å². The number of anilines is 2. The Morgan fingerprint density at radius 2 is 2.05 bits per heavy atom. The number of para-hydroxylation sites is 1. The van der Waals surface area contributed by atoms with Gasteiger partial charge in [0.15, 0.2) is 0 Å². The van der Waals surface area contributed by atoms with Gasteiger partial charge in [0.25, 0.3) is 0 Å². The number of rotatable bonds is 5. The number of benzene rings is 1. The second kappa shape index (κ2) is 6.49. The Balaban J connectivity index is 1.98. The standard InChI is InChI=1S/C12H14BrN3O3S/c1-8-9(2)18-14-12(8)16(17)19-20-15(3)11-7-5-4-6-10(11)13/h4-7,17H,1-3H3. The fourth-order valence-corrected chi connectivity index (χ4v) is 2.59. The molecule has 0 spiro atoms. The van der Waals surface area contributed by atoms with Crippen LogP contribution < -0.4 is 9.53 Å². The van der Waals surface area contributed by atoms with E-state index in [1.807, 2.05) is 31.3 Å². The Hall–Kier alpha value is -1.22. The number of aryl methyl sites for hydroxylation is 1. The van der Waals surface area contributed by atoms with E-state index in [2.05, 4.69) is 21.1 Å². The van der Waals surface area contributed by atoms with Crippen LogP contribution in [-0.2, 0) is 4.28 Å². The fourth-order valence-electron chi connectivity index (χ4n) is 1.45. The van der Waals surface area contributed by atoms with Crippen molar-refractivity contribution >= 4 is 39.7 Å². The van der Waals surface area contributed by atoms with E-state index >= 15 is 0 Å². The van der Waals surface area contributed by atoms with E-state index in [0.29, 0.717) is 11.0 Å². The van der Waals surface area contributed by atoms with Gasteiger partial charge in [0.2, 0.25) is 5.82 Å². The number of halogens is 1. The van der Waals surface area contributed by atoms with Crippen LogP contribution >= 0.6 is 28.2 Å². The summed E-state index contributed by atoms with van der Waals surface area (Å²) in [6, 6.07) is 7.69. The maximum absolute atomic E-state index is 9.81. The van der Waals surface area contributed by atoms with Crippen molar-refractivity contribution in [2.24, 2.45) is 0 Å². The zero-order chi connectivity index (χ0) is 14.7. The lowest BCUT2D eigenvalue weighted by atomic mass is 10.3. The number of hydrogen-bond acceptors (Lipinski definition) is 7. The molecule has 0 aliphatic carbocycles. The molecule has 2 aromatic rings. The Morgan fingerprint density at radius 3 is 2.65 bits per heavy atom. The maximum Gasteiger partial charge on any atom is 0.229 e. The third-order valence-electron chi connectivity index (χ3n) is 2.72. The predicted octanol–water partition coefficient (Wildman–Crippen LogP) is 3.88. The number of nitrogens with zero attached hydrogens (tertiary/aromatic N) is 3. The van der Waals surface area contributed by atoms with Crippen LogP contribution in [0.4, 0.5) is 11.5 Å². The molecule has 0 saturated carbocycles. The first-order chi connectivity index (χ1) is 9.50.